The fourth-order valence-corrected chi connectivity index (χ4v) is 2.87. The summed E-state index contributed by atoms with van der Waals surface area (Å²) in [5.41, 5.74) is 1.32. The van der Waals surface area contributed by atoms with Gasteiger partial charge in [0, 0.05) is 13.0 Å². The van der Waals surface area contributed by atoms with Gasteiger partial charge in [-0.15, -0.1) is 0 Å². The van der Waals surface area contributed by atoms with Crippen LogP contribution in [0.3, 0.4) is 0 Å². The van der Waals surface area contributed by atoms with E-state index >= 15 is 0 Å². The van der Waals surface area contributed by atoms with Crippen molar-refractivity contribution in [2.75, 3.05) is 23.4 Å². The Labute approximate surface area is 152 Å². The van der Waals surface area contributed by atoms with Crippen molar-refractivity contribution in [3.63, 3.8) is 0 Å². The number of carbonyl (C=O) groups excluding carboxylic acids is 2. The molecule has 0 radical (unpaired) electrons. The number of anilines is 2. The predicted octanol–water partition coefficient (Wildman–Crippen LogP) is 3.23. The molecule has 0 aliphatic carbocycles. The summed E-state index contributed by atoms with van der Waals surface area (Å²) in [6.45, 7) is 4.40. The van der Waals surface area contributed by atoms with E-state index in [1.165, 1.54) is 0 Å². The Morgan fingerprint density at radius 2 is 1.92 bits per heavy atom. The van der Waals surface area contributed by atoms with E-state index in [4.69, 9.17) is 9.47 Å². The Bertz CT molecular complexity index is 806. The van der Waals surface area contributed by atoms with Gasteiger partial charge in [0.15, 0.2) is 6.10 Å². The van der Waals surface area contributed by atoms with Crippen molar-refractivity contribution in [1.29, 1.82) is 0 Å². The van der Waals surface area contributed by atoms with Gasteiger partial charge in [0.25, 0.3) is 5.91 Å². The Morgan fingerprint density at radius 3 is 2.73 bits per heavy atom. The SMILES string of the molecule is CCOc1ccccc1NC(=O)CCN1C(=O)C(C)Oc2ccccc21. The summed E-state index contributed by atoms with van der Waals surface area (Å²) in [7, 11) is 0. The number of hydrogen-bond donors (Lipinski definition) is 1. The number of nitrogens with zero attached hydrogens (tertiary/aromatic N) is 1. The summed E-state index contributed by atoms with van der Waals surface area (Å²) < 4.78 is 11.1. The van der Waals surface area contributed by atoms with Crippen LogP contribution in [-0.4, -0.2) is 31.1 Å². The lowest BCUT2D eigenvalue weighted by Gasteiger charge is -2.32. The maximum Gasteiger partial charge on any atom is 0.267 e. The number of hydrogen-bond acceptors (Lipinski definition) is 4. The fourth-order valence-electron chi connectivity index (χ4n) is 2.87. The van der Waals surface area contributed by atoms with Gasteiger partial charge >= 0.3 is 0 Å². The van der Waals surface area contributed by atoms with Crippen LogP contribution in [0, 0.1) is 0 Å². The van der Waals surface area contributed by atoms with Crippen LogP contribution in [0.15, 0.2) is 48.5 Å². The summed E-state index contributed by atoms with van der Waals surface area (Å²) >= 11 is 0. The second-order valence-electron chi connectivity index (χ2n) is 5.95. The number of ether oxygens (including phenoxy) is 2. The third kappa shape index (κ3) is 3.79. The number of nitrogens with one attached hydrogen (secondary N) is 1. The van der Waals surface area contributed by atoms with Crippen LogP contribution in [-0.2, 0) is 9.59 Å². The molecule has 1 aliphatic rings. The van der Waals surface area contributed by atoms with Gasteiger partial charge in [-0.2, -0.15) is 0 Å². The minimum atomic E-state index is -0.563. The average Bonchev–Trinajstić information content (AvgIpc) is 2.64. The van der Waals surface area contributed by atoms with Crippen LogP contribution in [0.5, 0.6) is 11.5 Å². The van der Waals surface area contributed by atoms with Gasteiger partial charge in [0.05, 0.1) is 18.0 Å². The molecule has 1 N–H and O–H groups in total. The first-order valence-corrected chi connectivity index (χ1v) is 8.69. The van der Waals surface area contributed by atoms with Crippen molar-refractivity contribution < 1.29 is 19.1 Å². The maximum atomic E-state index is 12.4. The molecule has 0 fully saturated rings. The molecule has 6 nitrogen and oxygen atoms in total. The van der Waals surface area contributed by atoms with Crippen molar-refractivity contribution >= 4 is 23.2 Å². The first-order valence-electron chi connectivity index (χ1n) is 8.69. The quantitative estimate of drug-likeness (QED) is 0.865. The van der Waals surface area contributed by atoms with Gasteiger partial charge in [0.1, 0.15) is 11.5 Å². The van der Waals surface area contributed by atoms with Crippen LogP contribution in [0.4, 0.5) is 11.4 Å². The largest absolute Gasteiger partial charge is 0.492 e. The van der Waals surface area contributed by atoms with Gasteiger partial charge in [-0.05, 0) is 38.1 Å². The highest BCUT2D eigenvalue weighted by molar-refractivity contribution is 6.01. The number of fused-ring (bicyclic) bond motifs is 1. The molecule has 1 atom stereocenters. The summed E-state index contributed by atoms with van der Waals surface area (Å²) in [5.74, 6) is 0.958. The Balaban J connectivity index is 1.67. The molecular formula is C20H22N2O4. The molecule has 136 valence electrons. The first-order chi connectivity index (χ1) is 12.6. The van der Waals surface area contributed by atoms with Gasteiger partial charge in [-0.3, -0.25) is 9.59 Å². The molecular weight excluding hydrogens is 332 g/mol. The summed E-state index contributed by atoms with van der Waals surface area (Å²) in [5, 5.41) is 2.85. The third-order valence-electron chi connectivity index (χ3n) is 4.10. The zero-order chi connectivity index (χ0) is 18.5. The van der Waals surface area contributed by atoms with E-state index in [1.807, 2.05) is 49.4 Å². The monoisotopic (exact) mass is 354 g/mol. The topological polar surface area (TPSA) is 67.9 Å². The van der Waals surface area contributed by atoms with E-state index in [0.717, 1.165) is 0 Å². The molecule has 1 aliphatic heterocycles. The first kappa shape index (κ1) is 17.8. The Hall–Kier alpha value is -3.02. The molecule has 26 heavy (non-hydrogen) atoms. The van der Waals surface area contributed by atoms with Crippen molar-refractivity contribution in [2.45, 2.75) is 26.4 Å². The van der Waals surface area contributed by atoms with Gasteiger partial charge < -0.3 is 19.7 Å². The van der Waals surface area contributed by atoms with Crippen molar-refractivity contribution in [2.24, 2.45) is 0 Å². The molecule has 2 aromatic rings. The Kier molecular flexibility index (Phi) is 5.41. The van der Waals surface area contributed by atoms with Gasteiger partial charge in [0.2, 0.25) is 5.91 Å². The maximum absolute atomic E-state index is 12.4. The van der Waals surface area contributed by atoms with Gasteiger partial charge in [-0.1, -0.05) is 24.3 Å². The van der Waals surface area contributed by atoms with Crippen LogP contribution in [0.2, 0.25) is 0 Å². The van der Waals surface area contributed by atoms with Crippen molar-refractivity contribution in [3.05, 3.63) is 48.5 Å². The highest BCUT2D eigenvalue weighted by atomic mass is 16.5. The lowest BCUT2D eigenvalue weighted by Crippen LogP contribution is -2.45. The zero-order valence-electron chi connectivity index (χ0n) is 14.9. The number of amides is 2. The summed E-state index contributed by atoms with van der Waals surface area (Å²) in [6, 6.07) is 14.6. The zero-order valence-corrected chi connectivity index (χ0v) is 14.9. The summed E-state index contributed by atoms with van der Waals surface area (Å²) in [6.07, 6.45) is -0.389. The molecule has 1 heterocycles. The molecule has 3 rings (SSSR count). The molecule has 0 aromatic heterocycles. The van der Waals surface area contributed by atoms with Gasteiger partial charge in [-0.25, -0.2) is 0 Å². The molecule has 6 heteroatoms. The fraction of sp³-hybridized carbons (Fsp3) is 0.300. The lowest BCUT2D eigenvalue weighted by atomic mass is 10.1. The smallest absolute Gasteiger partial charge is 0.267 e. The van der Waals surface area contributed by atoms with Crippen LogP contribution < -0.4 is 19.7 Å². The molecule has 2 aromatic carbocycles. The minimum Gasteiger partial charge on any atom is -0.492 e. The second kappa shape index (κ2) is 7.91. The van der Waals surface area contributed by atoms with Crippen molar-refractivity contribution in [1.82, 2.24) is 0 Å². The molecule has 0 bridgehead atoms. The number of benzene rings is 2. The van der Waals surface area contributed by atoms with E-state index in [1.54, 1.807) is 17.9 Å². The standard InChI is InChI=1S/C20H22N2O4/c1-3-25-17-10-6-4-8-15(17)21-19(23)12-13-22-16-9-5-7-11-18(16)26-14(2)20(22)24/h4-11,14H,3,12-13H2,1-2H3,(H,21,23). The van der Waals surface area contributed by atoms with Crippen LogP contribution in [0.1, 0.15) is 20.3 Å². The van der Waals surface area contributed by atoms with E-state index < -0.39 is 6.10 Å². The van der Waals surface area contributed by atoms with Crippen LogP contribution in [0.25, 0.3) is 0 Å². The molecule has 0 spiro atoms. The molecule has 0 saturated carbocycles. The van der Waals surface area contributed by atoms with E-state index in [0.29, 0.717) is 29.5 Å². The number of para-hydroxylation sites is 4. The highest BCUT2D eigenvalue weighted by Gasteiger charge is 2.31. The van der Waals surface area contributed by atoms with Crippen molar-refractivity contribution in [3.8, 4) is 11.5 Å². The number of carbonyl (C=O) groups is 2. The average molecular weight is 354 g/mol. The molecule has 1 unspecified atom stereocenters. The second-order valence-corrected chi connectivity index (χ2v) is 5.95. The normalized spacial score (nSPS) is 15.8. The lowest BCUT2D eigenvalue weighted by molar-refractivity contribution is -0.125. The van der Waals surface area contributed by atoms with Crippen LogP contribution >= 0.6 is 0 Å². The van der Waals surface area contributed by atoms with E-state index in [-0.39, 0.29) is 24.8 Å². The third-order valence-corrected chi connectivity index (χ3v) is 4.10. The summed E-state index contributed by atoms with van der Waals surface area (Å²) in [4.78, 5) is 26.4. The molecule has 2 amide bonds. The van der Waals surface area contributed by atoms with E-state index in [2.05, 4.69) is 5.32 Å². The molecule has 0 saturated heterocycles. The number of rotatable bonds is 6. The van der Waals surface area contributed by atoms with E-state index in [9.17, 15) is 9.59 Å². The predicted molar refractivity (Wildman–Crippen MR) is 99.7 cm³/mol. The Morgan fingerprint density at radius 1 is 1.19 bits per heavy atom. The minimum absolute atomic E-state index is 0.147. The highest BCUT2D eigenvalue weighted by Crippen LogP contribution is 2.33.